The third-order valence-electron chi connectivity index (χ3n) is 9.05. The van der Waals surface area contributed by atoms with Gasteiger partial charge in [0, 0.05) is 18.2 Å². The molecule has 0 heterocycles. The first-order valence-corrected chi connectivity index (χ1v) is 18.9. The maximum absolute atomic E-state index is 13.5. The van der Waals surface area contributed by atoms with Gasteiger partial charge in [-0.3, -0.25) is 0 Å². The van der Waals surface area contributed by atoms with Crippen molar-refractivity contribution in [3.8, 4) is 69.0 Å². The second-order valence-electron chi connectivity index (χ2n) is 15.8. The van der Waals surface area contributed by atoms with Gasteiger partial charge >= 0.3 is 0 Å². The van der Waals surface area contributed by atoms with Crippen molar-refractivity contribution in [3.63, 3.8) is 0 Å². The molecule has 0 spiro atoms. The molecular formula is C50H44F2O6. The topological polar surface area (TPSA) is 55.4 Å². The lowest BCUT2D eigenvalue weighted by atomic mass is 9.87. The van der Waals surface area contributed by atoms with Crippen LogP contribution in [0.4, 0.5) is 8.78 Å². The molecule has 0 N–H and O–H groups in total. The molecule has 0 aliphatic heterocycles. The van der Waals surface area contributed by atoms with E-state index < -0.39 is 0 Å². The van der Waals surface area contributed by atoms with Crippen LogP contribution < -0.4 is 28.4 Å². The van der Waals surface area contributed by atoms with Crippen LogP contribution in [-0.2, 0) is 10.8 Å². The van der Waals surface area contributed by atoms with Gasteiger partial charge in [-0.25, -0.2) is 8.78 Å². The molecule has 0 aromatic heterocycles. The van der Waals surface area contributed by atoms with Crippen LogP contribution in [0.2, 0.25) is 0 Å². The van der Waals surface area contributed by atoms with E-state index in [1.807, 2.05) is 78.9 Å². The Balaban J connectivity index is 1.13. The first-order valence-electron chi connectivity index (χ1n) is 18.9. The van der Waals surface area contributed by atoms with Gasteiger partial charge in [-0.15, -0.1) is 0 Å². The van der Waals surface area contributed by atoms with Crippen molar-refractivity contribution in [2.75, 3.05) is 0 Å². The minimum absolute atomic E-state index is 0.156. The lowest BCUT2D eigenvalue weighted by molar-refractivity contribution is 0.403. The molecule has 0 aliphatic carbocycles. The lowest BCUT2D eigenvalue weighted by Crippen LogP contribution is -2.11. The second kappa shape index (κ2) is 16.7. The minimum atomic E-state index is -0.338. The predicted molar refractivity (Wildman–Crippen MR) is 223 cm³/mol. The highest BCUT2D eigenvalue weighted by Crippen LogP contribution is 2.42. The van der Waals surface area contributed by atoms with Gasteiger partial charge in [-0.1, -0.05) is 71.9 Å². The van der Waals surface area contributed by atoms with Crippen LogP contribution in [0.15, 0.2) is 158 Å². The summed E-state index contributed by atoms with van der Waals surface area (Å²) in [6.07, 6.45) is 0. The summed E-state index contributed by atoms with van der Waals surface area (Å²) in [5.74, 6) is 5.54. The van der Waals surface area contributed by atoms with Gasteiger partial charge in [-0.2, -0.15) is 0 Å². The highest BCUT2D eigenvalue weighted by atomic mass is 19.1. The van der Waals surface area contributed by atoms with Crippen molar-refractivity contribution in [2.45, 2.75) is 52.4 Å². The number of hydrogen-bond acceptors (Lipinski definition) is 6. The Kier molecular flexibility index (Phi) is 11.4. The Bertz CT molecular complexity index is 2330. The number of hydrogen-bond donors (Lipinski definition) is 0. The summed E-state index contributed by atoms with van der Waals surface area (Å²) in [5, 5.41) is 0. The molecule has 0 atom stereocenters. The van der Waals surface area contributed by atoms with Crippen LogP contribution in [0.5, 0.6) is 69.0 Å². The standard InChI is InChI=1S/C50H44F2O6/c1-49(2,3)33-16-26-45(47(28-33)57-43-14-7-10-39(30-43)53-37-22-18-35(51)19-23-37)55-41-12-9-13-42(32-41)56-46-27-17-34(50(4,5)6)29-48(46)58-44-15-8-11-40(31-44)54-38-24-20-36(52)21-25-38/h7-32H,1-6H3. The summed E-state index contributed by atoms with van der Waals surface area (Å²) < 4.78 is 64.7. The highest BCUT2D eigenvalue weighted by molar-refractivity contribution is 5.53. The van der Waals surface area contributed by atoms with Gasteiger partial charge in [0.2, 0.25) is 0 Å². The molecular weight excluding hydrogens is 735 g/mol. The number of halogens is 2. The van der Waals surface area contributed by atoms with Gasteiger partial charge in [0.25, 0.3) is 0 Å². The van der Waals surface area contributed by atoms with E-state index in [9.17, 15) is 8.78 Å². The fraction of sp³-hybridized carbons (Fsp3) is 0.160. The zero-order valence-corrected chi connectivity index (χ0v) is 33.2. The molecule has 294 valence electrons. The van der Waals surface area contributed by atoms with Gasteiger partial charge in [-0.05, 0) is 131 Å². The third kappa shape index (κ3) is 10.3. The molecule has 0 fully saturated rings. The summed E-state index contributed by atoms with van der Waals surface area (Å²) >= 11 is 0. The normalized spacial score (nSPS) is 11.4. The van der Waals surface area contributed by atoms with Crippen LogP contribution in [0.3, 0.4) is 0 Å². The predicted octanol–water partition coefficient (Wildman–Crippen LogP) is 15.3. The first-order chi connectivity index (χ1) is 27.7. The molecule has 7 aromatic carbocycles. The van der Waals surface area contributed by atoms with Crippen LogP contribution in [0.25, 0.3) is 0 Å². The van der Waals surface area contributed by atoms with E-state index in [1.165, 1.54) is 24.3 Å². The van der Waals surface area contributed by atoms with Crippen LogP contribution in [0.1, 0.15) is 52.7 Å². The lowest BCUT2D eigenvalue weighted by Gasteiger charge is -2.22. The Labute approximate surface area is 338 Å². The van der Waals surface area contributed by atoms with E-state index in [4.69, 9.17) is 28.4 Å². The summed E-state index contributed by atoms with van der Waals surface area (Å²) in [7, 11) is 0. The average molecular weight is 779 g/mol. The number of rotatable bonds is 12. The summed E-state index contributed by atoms with van der Waals surface area (Å²) in [4.78, 5) is 0. The molecule has 0 saturated carbocycles. The van der Waals surface area contributed by atoms with Gasteiger partial charge in [0.05, 0.1) is 0 Å². The molecule has 7 rings (SSSR count). The van der Waals surface area contributed by atoms with Crippen LogP contribution in [-0.4, -0.2) is 0 Å². The first kappa shape index (κ1) is 39.4. The molecule has 58 heavy (non-hydrogen) atoms. The molecule has 8 heteroatoms. The Morgan fingerprint density at radius 3 is 0.897 bits per heavy atom. The van der Waals surface area contributed by atoms with E-state index in [-0.39, 0.29) is 22.5 Å². The molecule has 0 unspecified atom stereocenters. The van der Waals surface area contributed by atoms with Crippen molar-refractivity contribution >= 4 is 0 Å². The number of benzene rings is 7. The van der Waals surface area contributed by atoms with E-state index >= 15 is 0 Å². The summed E-state index contributed by atoms with van der Waals surface area (Å²) in [5.41, 5.74) is 1.81. The van der Waals surface area contributed by atoms with Crippen molar-refractivity contribution in [2.24, 2.45) is 0 Å². The SMILES string of the molecule is CC(C)(C)c1ccc(Oc2cccc(Oc3ccc(C(C)(C)C)cc3Oc3cccc(Oc4ccc(F)cc4)c3)c2)c(Oc2cccc(Oc3ccc(F)cc3)c2)c1. The largest absolute Gasteiger partial charge is 0.457 e. The zero-order valence-electron chi connectivity index (χ0n) is 33.2. The van der Waals surface area contributed by atoms with E-state index in [0.29, 0.717) is 69.0 Å². The highest BCUT2D eigenvalue weighted by Gasteiger charge is 2.20. The Morgan fingerprint density at radius 1 is 0.293 bits per heavy atom. The smallest absolute Gasteiger partial charge is 0.170 e. The molecule has 0 aliphatic rings. The van der Waals surface area contributed by atoms with E-state index in [0.717, 1.165) is 11.1 Å². The van der Waals surface area contributed by atoms with Gasteiger partial charge in [0.1, 0.15) is 57.6 Å². The molecule has 0 radical (unpaired) electrons. The molecule has 6 nitrogen and oxygen atoms in total. The quantitative estimate of drug-likeness (QED) is 0.123. The van der Waals surface area contributed by atoms with Gasteiger partial charge < -0.3 is 28.4 Å². The summed E-state index contributed by atoms with van der Waals surface area (Å²) in [6, 6.07) is 45.3. The maximum atomic E-state index is 13.5. The van der Waals surface area contributed by atoms with Crippen LogP contribution in [0, 0.1) is 11.6 Å². The van der Waals surface area contributed by atoms with E-state index in [2.05, 4.69) is 41.5 Å². The summed E-state index contributed by atoms with van der Waals surface area (Å²) in [6.45, 7) is 12.8. The van der Waals surface area contributed by atoms with E-state index in [1.54, 1.807) is 54.6 Å². The van der Waals surface area contributed by atoms with Crippen molar-refractivity contribution in [1.82, 2.24) is 0 Å². The Morgan fingerprint density at radius 2 is 0.586 bits per heavy atom. The molecule has 7 aromatic rings. The molecule has 0 amide bonds. The second-order valence-corrected chi connectivity index (χ2v) is 15.8. The number of ether oxygens (including phenoxy) is 6. The molecule has 0 saturated heterocycles. The van der Waals surface area contributed by atoms with Crippen LogP contribution >= 0.6 is 0 Å². The van der Waals surface area contributed by atoms with Gasteiger partial charge in [0.15, 0.2) is 23.0 Å². The average Bonchev–Trinajstić information content (AvgIpc) is 3.18. The van der Waals surface area contributed by atoms with Crippen molar-refractivity contribution in [1.29, 1.82) is 0 Å². The molecule has 0 bridgehead atoms. The maximum Gasteiger partial charge on any atom is 0.170 e. The Hall–Kier alpha value is -6.80. The minimum Gasteiger partial charge on any atom is -0.457 e. The fourth-order valence-electron chi connectivity index (χ4n) is 5.87. The van der Waals surface area contributed by atoms with Crippen molar-refractivity contribution < 1.29 is 37.2 Å². The third-order valence-corrected chi connectivity index (χ3v) is 9.05. The zero-order chi connectivity index (χ0) is 40.9. The fourth-order valence-corrected chi connectivity index (χ4v) is 5.87. The van der Waals surface area contributed by atoms with Crippen molar-refractivity contribution in [3.05, 3.63) is 180 Å². The monoisotopic (exact) mass is 778 g/mol.